The molecule has 0 radical (unpaired) electrons. The van der Waals surface area contributed by atoms with Crippen molar-refractivity contribution >= 4 is 17.3 Å². The Balaban J connectivity index is 2.41. The van der Waals surface area contributed by atoms with Gasteiger partial charge in [-0.25, -0.2) is 4.99 Å². The predicted molar refractivity (Wildman–Crippen MR) is 92.0 cm³/mol. The second-order valence-corrected chi connectivity index (χ2v) is 6.26. The van der Waals surface area contributed by atoms with E-state index in [1.54, 1.807) is 11.3 Å². The Bertz CT molecular complexity index is 390. The summed E-state index contributed by atoms with van der Waals surface area (Å²) in [6, 6.07) is 4.17. The van der Waals surface area contributed by atoms with Crippen LogP contribution in [-0.4, -0.2) is 31.8 Å². The number of nitrogens with zero attached hydrogens (tertiary/aromatic N) is 1. The van der Waals surface area contributed by atoms with Crippen molar-refractivity contribution in [3.05, 3.63) is 22.4 Å². The van der Waals surface area contributed by atoms with Crippen LogP contribution in [0.15, 0.2) is 22.5 Å². The van der Waals surface area contributed by atoms with Gasteiger partial charge < -0.3 is 15.4 Å². The van der Waals surface area contributed by atoms with Crippen LogP contribution < -0.4 is 10.6 Å². The summed E-state index contributed by atoms with van der Waals surface area (Å²) in [7, 11) is 0. The van der Waals surface area contributed by atoms with Gasteiger partial charge in [-0.15, -0.1) is 11.3 Å². The highest BCUT2D eigenvalue weighted by molar-refractivity contribution is 7.09. The van der Waals surface area contributed by atoms with E-state index in [1.165, 1.54) is 4.88 Å². The van der Waals surface area contributed by atoms with Gasteiger partial charge in [0.1, 0.15) is 0 Å². The van der Waals surface area contributed by atoms with Crippen molar-refractivity contribution in [2.75, 3.05) is 19.7 Å². The first-order valence-electron chi connectivity index (χ1n) is 7.83. The molecule has 1 unspecified atom stereocenters. The molecule has 21 heavy (non-hydrogen) atoms. The molecule has 0 amide bonds. The van der Waals surface area contributed by atoms with Gasteiger partial charge in [0, 0.05) is 24.6 Å². The minimum Gasteiger partial charge on any atom is -0.378 e. The van der Waals surface area contributed by atoms with Gasteiger partial charge in [0.05, 0.1) is 12.6 Å². The fourth-order valence-corrected chi connectivity index (χ4v) is 2.69. The zero-order valence-electron chi connectivity index (χ0n) is 13.7. The minimum absolute atomic E-state index is 0.308. The molecule has 1 heterocycles. The number of hydrogen-bond acceptors (Lipinski definition) is 3. The second-order valence-electron chi connectivity index (χ2n) is 5.23. The average molecular weight is 311 g/mol. The van der Waals surface area contributed by atoms with Gasteiger partial charge in [-0.1, -0.05) is 19.9 Å². The molecule has 1 aromatic rings. The number of thiophene rings is 1. The van der Waals surface area contributed by atoms with Crippen LogP contribution in [0.25, 0.3) is 0 Å². The second kappa shape index (κ2) is 10.6. The van der Waals surface area contributed by atoms with Gasteiger partial charge in [0.25, 0.3) is 0 Å². The van der Waals surface area contributed by atoms with Crippen LogP contribution in [0.5, 0.6) is 0 Å². The van der Waals surface area contributed by atoms with Crippen molar-refractivity contribution in [1.82, 2.24) is 10.6 Å². The molecule has 1 atom stereocenters. The summed E-state index contributed by atoms with van der Waals surface area (Å²) in [6.45, 7) is 11.8. The molecule has 0 fully saturated rings. The zero-order chi connectivity index (χ0) is 15.5. The van der Waals surface area contributed by atoms with E-state index in [9.17, 15) is 0 Å². The molecule has 2 N–H and O–H groups in total. The van der Waals surface area contributed by atoms with Crippen LogP contribution >= 0.6 is 11.3 Å². The normalized spacial score (nSPS) is 13.5. The van der Waals surface area contributed by atoms with Crippen molar-refractivity contribution in [2.24, 2.45) is 10.9 Å². The lowest BCUT2D eigenvalue weighted by Crippen LogP contribution is -2.39. The lowest BCUT2D eigenvalue weighted by molar-refractivity contribution is 0.0258. The van der Waals surface area contributed by atoms with Gasteiger partial charge in [-0.05, 0) is 37.6 Å². The van der Waals surface area contributed by atoms with E-state index in [0.717, 1.165) is 38.6 Å². The van der Waals surface area contributed by atoms with Crippen molar-refractivity contribution in [3.8, 4) is 0 Å². The smallest absolute Gasteiger partial charge is 0.191 e. The largest absolute Gasteiger partial charge is 0.378 e. The SMILES string of the molecule is CCNC(=NCc1cccs1)NCCC(OCC)C(C)C. The van der Waals surface area contributed by atoms with Crippen LogP contribution in [0.4, 0.5) is 0 Å². The van der Waals surface area contributed by atoms with Gasteiger partial charge in [0.15, 0.2) is 5.96 Å². The third kappa shape index (κ3) is 7.48. The van der Waals surface area contributed by atoms with Crippen molar-refractivity contribution in [3.63, 3.8) is 0 Å². The summed E-state index contributed by atoms with van der Waals surface area (Å²) in [5.74, 6) is 1.42. The number of nitrogens with one attached hydrogen (secondary N) is 2. The molecule has 120 valence electrons. The van der Waals surface area contributed by atoms with Crippen LogP contribution in [0.3, 0.4) is 0 Å². The Kier molecular flexibility index (Phi) is 9.10. The summed E-state index contributed by atoms with van der Waals surface area (Å²) in [5.41, 5.74) is 0. The molecule has 0 bridgehead atoms. The molecule has 0 saturated carbocycles. The first-order valence-corrected chi connectivity index (χ1v) is 8.71. The molecule has 1 aromatic heterocycles. The zero-order valence-corrected chi connectivity index (χ0v) is 14.5. The quantitative estimate of drug-likeness (QED) is 0.543. The predicted octanol–water partition coefficient (Wildman–Crippen LogP) is 3.25. The standard InChI is InChI=1S/C16H29N3OS/c1-5-17-16(19-12-14-8-7-11-21-14)18-10-9-15(13(3)4)20-6-2/h7-8,11,13,15H,5-6,9-10,12H2,1-4H3,(H2,17,18,19). The maximum absolute atomic E-state index is 5.77. The molecule has 0 saturated heterocycles. The first-order chi connectivity index (χ1) is 10.2. The lowest BCUT2D eigenvalue weighted by Gasteiger charge is -2.21. The summed E-state index contributed by atoms with van der Waals surface area (Å²) in [6.07, 6.45) is 1.30. The number of rotatable bonds is 9. The average Bonchev–Trinajstić information content (AvgIpc) is 2.96. The van der Waals surface area contributed by atoms with Gasteiger partial charge in [0.2, 0.25) is 0 Å². The molecule has 0 aliphatic carbocycles. The lowest BCUT2D eigenvalue weighted by atomic mass is 10.0. The van der Waals surface area contributed by atoms with Crippen molar-refractivity contribution in [2.45, 2.75) is 46.8 Å². The molecule has 0 aliphatic rings. The highest BCUT2D eigenvalue weighted by atomic mass is 32.1. The number of ether oxygens (including phenoxy) is 1. The Morgan fingerprint density at radius 2 is 2.14 bits per heavy atom. The van der Waals surface area contributed by atoms with E-state index < -0.39 is 0 Å². The molecule has 5 heteroatoms. The van der Waals surface area contributed by atoms with E-state index >= 15 is 0 Å². The monoisotopic (exact) mass is 311 g/mol. The van der Waals surface area contributed by atoms with Gasteiger partial charge >= 0.3 is 0 Å². The van der Waals surface area contributed by atoms with Crippen molar-refractivity contribution < 1.29 is 4.74 Å². The van der Waals surface area contributed by atoms with E-state index in [0.29, 0.717) is 12.0 Å². The molecule has 0 aliphatic heterocycles. The fourth-order valence-electron chi connectivity index (χ4n) is 2.06. The Morgan fingerprint density at radius 1 is 1.33 bits per heavy atom. The summed E-state index contributed by atoms with van der Waals surface area (Å²) >= 11 is 1.74. The summed E-state index contributed by atoms with van der Waals surface area (Å²) in [4.78, 5) is 5.89. The maximum atomic E-state index is 5.77. The molecular weight excluding hydrogens is 282 g/mol. The van der Waals surface area contributed by atoms with Crippen LogP contribution in [-0.2, 0) is 11.3 Å². The first kappa shape index (κ1) is 18.0. The number of hydrogen-bond donors (Lipinski definition) is 2. The van der Waals surface area contributed by atoms with Crippen LogP contribution in [0.2, 0.25) is 0 Å². The van der Waals surface area contributed by atoms with E-state index in [-0.39, 0.29) is 0 Å². The topological polar surface area (TPSA) is 45.7 Å². The molecule has 0 spiro atoms. The fraction of sp³-hybridized carbons (Fsp3) is 0.688. The molecular formula is C16H29N3OS. The Morgan fingerprint density at radius 3 is 2.71 bits per heavy atom. The van der Waals surface area contributed by atoms with Gasteiger partial charge in [-0.2, -0.15) is 0 Å². The maximum Gasteiger partial charge on any atom is 0.191 e. The Hall–Kier alpha value is -1.07. The number of aliphatic imine (C=N–C) groups is 1. The summed E-state index contributed by atoms with van der Waals surface area (Å²) in [5, 5.41) is 8.76. The summed E-state index contributed by atoms with van der Waals surface area (Å²) < 4.78 is 5.77. The van der Waals surface area contributed by atoms with E-state index in [4.69, 9.17) is 4.74 Å². The Labute approximate surface area is 133 Å². The van der Waals surface area contributed by atoms with Crippen LogP contribution in [0, 0.1) is 5.92 Å². The van der Waals surface area contributed by atoms with Crippen LogP contribution in [0.1, 0.15) is 39.0 Å². The molecule has 1 rings (SSSR count). The number of guanidine groups is 1. The minimum atomic E-state index is 0.308. The highest BCUT2D eigenvalue weighted by Gasteiger charge is 2.12. The highest BCUT2D eigenvalue weighted by Crippen LogP contribution is 2.10. The van der Waals surface area contributed by atoms with Crippen molar-refractivity contribution in [1.29, 1.82) is 0 Å². The third-order valence-corrected chi connectivity index (χ3v) is 4.02. The van der Waals surface area contributed by atoms with Gasteiger partial charge in [-0.3, -0.25) is 0 Å². The third-order valence-electron chi connectivity index (χ3n) is 3.16. The molecule has 4 nitrogen and oxygen atoms in total. The molecule has 0 aromatic carbocycles. The van der Waals surface area contributed by atoms with E-state index in [1.807, 2.05) is 0 Å². The van der Waals surface area contributed by atoms with E-state index in [2.05, 4.69) is 60.8 Å².